The zero-order chi connectivity index (χ0) is 15.5. The average Bonchev–Trinajstić information content (AvgIpc) is 3.35. The molecule has 1 atom stereocenters. The molecule has 1 aliphatic heterocycles. The Balaban J connectivity index is 0.00000192. The molecule has 1 N–H and O–H groups in total. The lowest BCUT2D eigenvalue weighted by molar-refractivity contribution is -0.136. The quantitative estimate of drug-likeness (QED) is 0.818. The van der Waals surface area contributed by atoms with Gasteiger partial charge in [-0.2, -0.15) is 0 Å². The summed E-state index contributed by atoms with van der Waals surface area (Å²) in [6.07, 6.45) is 10.9. The van der Waals surface area contributed by atoms with Gasteiger partial charge in [0.2, 0.25) is 5.91 Å². The van der Waals surface area contributed by atoms with Gasteiger partial charge in [0.15, 0.2) is 0 Å². The van der Waals surface area contributed by atoms with E-state index in [1.807, 2.05) is 0 Å². The predicted molar refractivity (Wildman–Crippen MR) is 97.9 cm³/mol. The molecule has 1 heterocycles. The van der Waals surface area contributed by atoms with Gasteiger partial charge in [-0.3, -0.25) is 4.79 Å². The smallest absolute Gasteiger partial charge is 0.223 e. The van der Waals surface area contributed by atoms with Crippen LogP contribution in [0, 0.1) is 17.8 Å². The van der Waals surface area contributed by atoms with Crippen molar-refractivity contribution in [2.24, 2.45) is 17.8 Å². The molecule has 0 radical (unpaired) electrons. The number of nitrogens with zero attached hydrogens (tertiary/aromatic N) is 1. The number of hydrogen-bond donors (Lipinski definition) is 1. The number of carbonyl (C=O) groups excluding carboxylic acids is 1. The van der Waals surface area contributed by atoms with Crippen molar-refractivity contribution < 1.29 is 4.79 Å². The standard InChI is InChI=1S/C19H34N2O.ClH/c1-14-3-5-17(6-4-14)21(18-7-8-18)19(22)13-15(2)16-9-11-20-12-10-16;/h14-18,20H,3-13H2,1-2H3;1H. The second-order valence-corrected chi connectivity index (χ2v) is 8.21. The van der Waals surface area contributed by atoms with E-state index < -0.39 is 0 Å². The van der Waals surface area contributed by atoms with Gasteiger partial charge in [-0.15, -0.1) is 12.4 Å². The zero-order valence-electron chi connectivity index (χ0n) is 14.9. The number of amides is 1. The molecule has 134 valence electrons. The third-order valence-electron chi connectivity index (χ3n) is 6.29. The first kappa shape index (κ1) is 19.1. The van der Waals surface area contributed by atoms with Gasteiger partial charge < -0.3 is 10.2 Å². The van der Waals surface area contributed by atoms with E-state index in [9.17, 15) is 4.79 Å². The molecule has 2 saturated carbocycles. The maximum atomic E-state index is 13.0. The Kier molecular flexibility index (Phi) is 7.21. The van der Waals surface area contributed by atoms with E-state index in [-0.39, 0.29) is 12.4 Å². The Bertz CT molecular complexity index is 372. The lowest BCUT2D eigenvalue weighted by atomic mass is 9.83. The average molecular weight is 343 g/mol. The van der Waals surface area contributed by atoms with Gasteiger partial charge in [0.1, 0.15) is 0 Å². The number of rotatable bonds is 5. The van der Waals surface area contributed by atoms with Crippen molar-refractivity contribution in [1.29, 1.82) is 0 Å². The van der Waals surface area contributed by atoms with Crippen molar-refractivity contribution in [1.82, 2.24) is 10.2 Å². The van der Waals surface area contributed by atoms with Crippen LogP contribution in [0.2, 0.25) is 0 Å². The highest BCUT2D eigenvalue weighted by molar-refractivity contribution is 5.85. The molecule has 3 nitrogen and oxygen atoms in total. The molecular weight excluding hydrogens is 308 g/mol. The van der Waals surface area contributed by atoms with Crippen molar-refractivity contribution in [2.45, 2.75) is 83.7 Å². The number of halogens is 1. The molecular formula is C19H35ClN2O. The van der Waals surface area contributed by atoms with E-state index in [1.54, 1.807) is 0 Å². The van der Waals surface area contributed by atoms with Crippen molar-refractivity contribution >= 4 is 18.3 Å². The van der Waals surface area contributed by atoms with Gasteiger partial charge in [0.25, 0.3) is 0 Å². The first-order chi connectivity index (χ1) is 10.6. The summed E-state index contributed by atoms with van der Waals surface area (Å²) in [7, 11) is 0. The van der Waals surface area contributed by atoms with Crippen LogP contribution < -0.4 is 5.32 Å². The molecule has 3 aliphatic rings. The monoisotopic (exact) mass is 342 g/mol. The molecule has 4 heteroatoms. The van der Waals surface area contributed by atoms with Crippen molar-refractivity contribution in [3.63, 3.8) is 0 Å². The summed E-state index contributed by atoms with van der Waals surface area (Å²) < 4.78 is 0. The number of hydrogen-bond acceptors (Lipinski definition) is 2. The van der Waals surface area contributed by atoms with Gasteiger partial charge >= 0.3 is 0 Å². The minimum atomic E-state index is 0. The summed E-state index contributed by atoms with van der Waals surface area (Å²) in [5.74, 6) is 2.63. The molecule has 1 amide bonds. The van der Waals surface area contributed by atoms with Gasteiger partial charge in [0, 0.05) is 18.5 Å². The fourth-order valence-electron chi connectivity index (χ4n) is 4.54. The molecule has 3 rings (SSSR count). The lowest BCUT2D eigenvalue weighted by Gasteiger charge is -2.38. The molecule has 0 aromatic heterocycles. The lowest BCUT2D eigenvalue weighted by Crippen LogP contribution is -2.44. The third-order valence-corrected chi connectivity index (χ3v) is 6.29. The van der Waals surface area contributed by atoms with Crippen LogP contribution in [-0.2, 0) is 4.79 Å². The largest absolute Gasteiger partial charge is 0.337 e. The minimum absolute atomic E-state index is 0. The Morgan fingerprint density at radius 1 is 1.00 bits per heavy atom. The topological polar surface area (TPSA) is 32.3 Å². The van der Waals surface area contributed by atoms with Crippen LogP contribution in [0.5, 0.6) is 0 Å². The zero-order valence-corrected chi connectivity index (χ0v) is 15.7. The van der Waals surface area contributed by atoms with Crippen LogP contribution in [-0.4, -0.2) is 36.0 Å². The first-order valence-electron chi connectivity index (χ1n) is 9.67. The van der Waals surface area contributed by atoms with Gasteiger partial charge in [0.05, 0.1) is 0 Å². The van der Waals surface area contributed by atoms with Gasteiger partial charge in [-0.1, -0.05) is 13.8 Å². The van der Waals surface area contributed by atoms with E-state index in [4.69, 9.17) is 0 Å². The Morgan fingerprint density at radius 2 is 1.52 bits per heavy atom. The Morgan fingerprint density at radius 3 is 2.04 bits per heavy atom. The number of piperidine rings is 1. The summed E-state index contributed by atoms with van der Waals surface area (Å²) in [5.41, 5.74) is 0. The van der Waals surface area contributed by atoms with Crippen molar-refractivity contribution in [2.75, 3.05) is 13.1 Å². The van der Waals surface area contributed by atoms with Crippen LogP contribution in [0.15, 0.2) is 0 Å². The molecule has 1 unspecified atom stereocenters. The molecule has 0 spiro atoms. The maximum absolute atomic E-state index is 13.0. The molecule has 0 aromatic carbocycles. The highest BCUT2D eigenvalue weighted by Gasteiger charge is 2.39. The third kappa shape index (κ3) is 5.09. The molecule has 2 aliphatic carbocycles. The van der Waals surface area contributed by atoms with E-state index in [1.165, 1.54) is 51.4 Å². The number of nitrogens with one attached hydrogen (secondary N) is 1. The highest BCUT2D eigenvalue weighted by atomic mass is 35.5. The Labute approximate surface area is 148 Å². The fraction of sp³-hybridized carbons (Fsp3) is 0.947. The SMILES string of the molecule is CC1CCC(N(C(=O)CC(C)C2CCNCC2)C2CC2)CC1.Cl. The predicted octanol–water partition coefficient (Wildman–Crippen LogP) is 4.00. The van der Waals surface area contributed by atoms with Gasteiger partial charge in [-0.25, -0.2) is 0 Å². The number of carbonyl (C=O) groups is 1. The fourth-order valence-corrected chi connectivity index (χ4v) is 4.54. The van der Waals surface area contributed by atoms with E-state index in [2.05, 4.69) is 24.1 Å². The summed E-state index contributed by atoms with van der Waals surface area (Å²) in [5, 5.41) is 3.43. The van der Waals surface area contributed by atoms with Gasteiger partial charge in [-0.05, 0) is 82.2 Å². The normalized spacial score (nSPS) is 30.3. The summed E-state index contributed by atoms with van der Waals surface area (Å²) in [6.45, 7) is 6.94. The first-order valence-corrected chi connectivity index (χ1v) is 9.67. The van der Waals surface area contributed by atoms with E-state index in [0.717, 1.165) is 31.3 Å². The molecule has 23 heavy (non-hydrogen) atoms. The van der Waals surface area contributed by atoms with E-state index >= 15 is 0 Å². The molecule has 0 bridgehead atoms. The molecule has 1 saturated heterocycles. The second kappa shape index (κ2) is 8.71. The highest BCUT2D eigenvalue weighted by Crippen LogP contribution is 2.36. The maximum Gasteiger partial charge on any atom is 0.223 e. The minimum Gasteiger partial charge on any atom is -0.337 e. The van der Waals surface area contributed by atoms with Crippen LogP contribution >= 0.6 is 12.4 Å². The van der Waals surface area contributed by atoms with Crippen LogP contribution in [0.3, 0.4) is 0 Å². The van der Waals surface area contributed by atoms with Crippen LogP contribution in [0.1, 0.15) is 71.6 Å². The van der Waals surface area contributed by atoms with Crippen LogP contribution in [0.25, 0.3) is 0 Å². The molecule has 0 aromatic rings. The van der Waals surface area contributed by atoms with Crippen molar-refractivity contribution in [3.05, 3.63) is 0 Å². The van der Waals surface area contributed by atoms with E-state index in [0.29, 0.717) is 23.9 Å². The van der Waals surface area contributed by atoms with Crippen LogP contribution in [0.4, 0.5) is 0 Å². The summed E-state index contributed by atoms with van der Waals surface area (Å²) in [4.78, 5) is 15.3. The Hall–Kier alpha value is -0.280. The molecule has 3 fully saturated rings. The second-order valence-electron chi connectivity index (χ2n) is 8.21. The van der Waals surface area contributed by atoms with Crippen molar-refractivity contribution in [3.8, 4) is 0 Å². The summed E-state index contributed by atoms with van der Waals surface area (Å²) in [6, 6.07) is 1.14. The summed E-state index contributed by atoms with van der Waals surface area (Å²) >= 11 is 0.